The van der Waals surface area contributed by atoms with Crippen LogP contribution in [0.3, 0.4) is 0 Å². The van der Waals surface area contributed by atoms with Crippen molar-refractivity contribution in [2.75, 3.05) is 18.5 Å². The Kier molecular flexibility index (Phi) is 6.82. The molecule has 162 valence electrons. The van der Waals surface area contributed by atoms with Gasteiger partial charge in [0.1, 0.15) is 31.1 Å². The molecule has 1 aliphatic heterocycles. The number of hydrogen-bond acceptors (Lipinski definition) is 7. The fourth-order valence-electron chi connectivity index (χ4n) is 2.72. The van der Waals surface area contributed by atoms with E-state index in [1.807, 2.05) is 0 Å². The molecule has 0 bridgehead atoms. The van der Waals surface area contributed by atoms with Crippen LogP contribution in [0, 0.1) is 12.7 Å². The van der Waals surface area contributed by atoms with Gasteiger partial charge in [-0.1, -0.05) is 0 Å². The fourth-order valence-corrected chi connectivity index (χ4v) is 2.72. The van der Waals surface area contributed by atoms with Gasteiger partial charge in [0, 0.05) is 18.2 Å². The predicted octanol–water partition coefficient (Wildman–Crippen LogP) is 2.31. The molecule has 9 nitrogen and oxygen atoms in total. The lowest BCUT2D eigenvalue weighted by Gasteiger charge is -2.33. The van der Waals surface area contributed by atoms with Crippen LogP contribution in [0.5, 0.6) is 0 Å². The SMILES string of the molecule is Cc1nc(C(=O)Nc2ccc(F)c([C@@]3(C)N=C(N)COCC3(F)F)c2)co1.O=CO. The maximum atomic E-state index is 14.7. The number of rotatable bonds is 3. The van der Waals surface area contributed by atoms with Crippen molar-refractivity contribution in [3.63, 3.8) is 0 Å². The molecule has 0 fully saturated rings. The number of hydrogen-bond donors (Lipinski definition) is 3. The van der Waals surface area contributed by atoms with Crippen molar-refractivity contribution < 1.29 is 37.0 Å². The van der Waals surface area contributed by atoms with Crippen molar-refractivity contribution in [3.05, 3.63) is 47.4 Å². The Bertz CT molecular complexity index is 963. The molecule has 3 rings (SSSR count). The molecule has 1 atom stereocenters. The summed E-state index contributed by atoms with van der Waals surface area (Å²) in [6.07, 6.45) is 1.15. The predicted molar refractivity (Wildman–Crippen MR) is 99.0 cm³/mol. The Hall–Kier alpha value is -3.41. The number of aryl methyl sites for hydroxylation is 1. The number of oxazole rings is 1. The molecule has 1 aromatic heterocycles. The van der Waals surface area contributed by atoms with Gasteiger partial charge in [-0.05, 0) is 25.1 Å². The maximum Gasteiger partial charge on any atom is 0.299 e. The summed E-state index contributed by atoms with van der Waals surface area (Å²) in [6, 6.07) is 3.30. The number of carbonyl (C=O) groups excluding carboxylic acids is 1. The third kappa shape index (κ3) is 4.76. The van der Waals surface area contributed by atoms with E-state index in [0.29, 0.717) is 0 Å². The topological polar surface area (TPSA) is 140 Å². The van der Waals surface area contributed by atoms with Crippen molar-refractivity contribution >= 4 is 23.9 Å². The minimum atomic E-state index is -3.53. The zero-order valence-corrected chi connectivity index (χ0v) is 16.0. The van der Waals surface area contributed by atoms with Crippen LogP contribution >= 0.6 is 0 Å². The number of halogens is 3. The van der Waals surface area contributed by atoms with E-state index in [-0.39, 0.29) is 36.2 Å². The highest BCUT2D eigenvalue weighted by Crippen LogP contribution is 2.44. The van der Waals surface area contributed by atoms with Crippen LogP contribution < -0.4 is 11.1 Å². The summed E-state index contributed by atoms with van der Waals surface area (Å²) in [6.45, 7) is 1.13. The summed E-state index contributed by atoms with van der Waals surface area (Å²) in [5, 5.41) is 9.35. The smallest absolute Gasteiger partial charge is 0.299 e. The van der Waals surface area contributed by atoms with Gasteiger partial charge >= 0.3 is 0 Å². The lowest BCUT2D eigenvalue weighted by atomic mass is 9.85. The van der Waals surface area contributed by atoms with E-state index in [4.69, 9.17) is 24.8 Å². The van der Waals surface area contributed by atoms with Crippen molar-refractivity contribution in [1.82, 2.24) is 4.98 Å². The van der Waals surface area contributed by atoms with Gasteiger partial charge in [-0.15, -0.1) is 0 Å². The summed E-state index contributed by atoms with van der Waals surface area (Å²) >= 11 is 0. The van der Waals surface area contributed by atoms with E-state index in [0.717, 1.165) is 25.3 Å². The lowest BCUT2D eigenvalue weighted by Crippen LogP contribution is -2.45. The van der Waals surface area contributed by atoms with Gasteiger partial charge in [-0.2, -0.15) is 0 Å². The van der Waals surface area contributed by atoms with Gasteiger partial charge in [-0.3, -0.25) is 14.6 Å². The van der Waals surface area contributed by atoms with E-state index in [1.165, 1.54) is 6.07 Å². The van der Waals surface area contributed by atoms with E-state index in [1.54, 1.807) is 6.92 Å². The Morgan fingerprint density at radius 3 is 2.67 bits per heavy atom. The van der Waals surface area contributed by atoms with Gasteiger partial charge in [0.25, 0.3) is 18.3 Å². The normalized spacial score (nSPS) is 20.2. The number of nitrogens with two attached hydrogens (primary N) is 1. The van der Waals surface area contributed by atoms with Crippen molar-refractivity contribution in [2.24, 2.45) is 10.7 Å². The number of nitrogens with one attached hydrogen (secondary N) is 1. The molecule has 0 saturated carbocycles. The molecule has 30 heavy (non-hydrogen) atoms. The molecule has 0 radical (unpaired) electrons. The minimum absolute atomic E-state index is 0.0000447. The highest BCUT2D eigenvalue weighted by molar-refractivity contribution is 6.02. The summed E-state index contributed by atoms with van der Waals surface area (Å²) in [4.78, 5) is 28.2. The first kappa shape index (κ1) is 22.9. The molecule has 12 heteroatoms. The van der Waals surface area contributed by atoms with Gasteiger partial charge in [-0.25, -0.2) is 18.2 Å². The van der Waals surface area contributed by atoms with E-state index < -0.39 is 35.4 Å². The monoisotopic (exact) mass is 428 g/mol. The molecule has 2 heterocycles. The maximum absolute atomic E-state index is 14.7. The number of aromatic nitrogens is 1. The standard InChI is InChI=1S/C17H17F3N4O3.CH2O2/c1-9-22-13(6-27-9)15(25)23-10-3-4-12(18)11(5-10)16(2)17(19,20)8-26-7-14(21)24-16;2-1-3/h3-6H,7-8H2,1-2H3,(H2,21,24)(H,23,25);1H,(H,2,3)/t16-;/m1./s1. The van der Waals surface area contributed by atoms with E-state index >= 15 is 0 Å². The number of aliphatic imine (C=N–C) groups is 1. The van der Waals surface area contributed by atoms with Crippen LogP contribution in [0.2, 0.25) is 0 Å². The molecule has 4 N–H and O–H groups in total. The van der Waals surface area contributed by atoms with Gasteiger partial charge in [0.05, 0.1) is 0 Å². The number of alkyl halides is 2. The summed E-state index contributed by atoms with van der Waals surface area (Å²) < 4.78 is 53.5. The molecule has 2 aromatic rings. The molecule has 1 aliphatic rings. The number of carbonyl (C=O) groups is 2. The molecule has 0 unspecified atom stereocenters. The second kappa shape index (κ2) is 8.95. The summed E-state index contributed by atoms with van der Waals surface area (Å²) in [5.74, 6) is -4.96. The van der Waals surface area contributed by atoms with Crippen molar-refractivity contribution in [3.8, 4) is 0 Å². The average molecular weight is 428 g/mol. The third-order valence-corrected chi connectivity index (χ3v) is 4.21. The van der Waals surface area contributed by atoms with Crippen LogP contribution in [-0.4, -0.2) is 47.4 Å². The lowest BCUT2D eigenvalue weighted by molar-refractivity contribution is -0.122. The van der Waals surface area contributed by atoms with Gasteiger partial charge < -0.3 is 25.3 Å². The number of anilines is 1. The van der Waals surface area contributed by atoms with E-state index in [9.17, 15) is 18.0 Å². The molecule has 0 spiro atoms. The highest BCUT2D eigenvalue weighted by atomic mass is 19.3. The van der Waals surface area contributed by atoms with Gasteiger partial charge in [0.15, 0.2) is 17.1 Å². The quantitative estimate of drug-likeness (QED) is 0.637. The minimum Gasteiger partial charge on any atom is -0.483 e. The number of amidine groups is 1. The first-order valence-electron chi connectivity index (χ1n) is 8.45. The summed E-state index contributed by atoms with van der Waals surface area (Å²) in [5.41, 5.74) is 2.96. The molecule has 0 aliphatic carbocycles. The van der Waals surface area contributed by atoms with Crippen molar-refractivity contribution in [1.29, 1.82) is 0 Å². The Labute approximate surface area is 168 Å². The second-order valence-corrected chi connectivity index (χ2v) is 6.38. The van der Waals surface area contributed by atoms with Crippen molar-refractivity contribution in [2.45, 2.75) is 25.3 Å². The molecular formula is C18H19F3N4O5. The number of ether oxygens (including phenoxy) is 1. The number of carboxylic acid groups (broad SMARTS) is 1. The molecular weight excluding hydrogens is 409 g/mol. The van der Waals surface area contributed by atoms with E-state index in [2.05, 4.69) is 15.3 Å². The number of amides is 1. The van der Waals surface area contributed by atoms with Crippen LogP contribution in [0.1, 0.15) is 28.9 Å². The van der Waals surface area contributed by atoms with Crippen LogP contribution in [-0.2, 0) is 15.1 Å². The number of nitrogens with zero attached hydrogens (tertiary/aromatic N) is 2. The molecule has 1 aromatic carbocycles. The van der Waals surface area contributed by atoms with Gasteiger partial charge in [0.2, 0.25) is 0 Å². The second-order valence-electron chi connectivity index (χ2n) is 6.38. The van der Waals surface area contributed by atoms with Crippen LogP contribution in [0.25, 0.3) is 0 Å². The van der Waals surface area contributed by atoms with Crippen LogP contribution in [0.4, 0.5) is 18.9 Å². The summed E-state index contributed by atoms with van der Waals surface area (Å²) in [7, 11) is 0. The van der Waals surface area contributed by atoms with Crippen LogP contribution in [0.15, 0.2) is 33.9 Å². The Morgan fingerprint density at radius 1 is 1.40 bits per heavy atom. The zero-order valence-electron chi connectivity index (χ0n) is 16.0. The first-order valence-corrected chi connectivity index (χ1v) is 8.45. The highest BCUT2D eigenvalue weighted by Gasteiger charge is 2.54. The fraction of sp³-hybridized carbons (Fsp3) is 0.333. The average Bonchev–Trinajstić information content (AvgIpc) is 3.06. The largest absolute Gasteiger partial charge is 0.483 e. The number of benzene rings is 1. The molecule has 1 amide bonds. The Balaban J connectivity index is 0.00000101. The molecule has 0 saturated heterocycles. The zero-order chi connectivity index (χ0) is 22.5. The first-order chi connectivity index (χ1) is 14.0. The third-order valence-electron chi connectivity index (χ3n) is 4.21. The Morgan fingerprint density at radius 2 is 2.07 bits per heavy atom.